The van der Waals surface area contributed by atoms with Gasteiger partial charge in [-0.3, -0.25) is 9.59 Å². The maximum atomic E-state index is 12.2. The summed E-state index contributed by atoms with van der Waals surface area (Å²) in [7, 11) is 0. The number of benzene rings is 1. The number of aryl methyl sites for hydroxylation is 2. The largest absolute Gasteiger partial charge is 0.350 e. The minimum absolute atomic E-state index is 0.0218. The van der Waals surface area contributed by atoms with Crippen molar-refractivity contribution in [1.29, 1.82) is 0 Å². The molecule has 6 nitrogen and oxygen atoms in total. The fraction of sp³-hybridized carbons (Fsp3) is 0.333. The number of hydrogen-bond acceptors (Lipinski definition) is 5. The third-order valence-corrected chi connectivity index (χ3v) is 4.01. The minimum atomic E-state index is -0.212. The van der Waals surface area contributed by atoms with Crippen molar-refractivity contribution in [3.8, 4) is 0 Å². The van der Waals surface area contributed by atoms with Crippen LogP contribution in [0, 0.1) is 13.8 Å². The van der Waals surface area contributed by atoms with E-state index in [1.54, 1.807) is 24.3 Å². The number of carbonyl (C=O) groups excluding carboxylic acids is 2. The summed E-state index contributed by atoms with van der Waals surface area (Å²) >= 11 is 1.27. The third-order valence-electron chi connectivity index (χ3n) is 3.16. The van der Waals surface area contributed by atoms with Crippen LogP contribution in [0.3, 0.4) is 0 Å². The van der Waals surface area contributed by atoms with Crippen LogP contribution in [-0.2, 0) is 4.79 Å². The number of hydrogen-bond donors (Lipinski definition) is 2. The molecule has 2 amide bonds. The topological polar surface area (TPSA) is 84.0 Å². The molecule has 0 saturated carbocycles. The Kier molecular flexibility index (Phi) is 6.52. The number of aromatic nitrogens is 2. The van der Waals surface area contributed by atoms with Crippen LogP contribution in [-0.4, -0.2) is 33.6 Å². The fourth-order valence-corrected chi connectivity index (χ4v) is 2.95. The lowest BCUT2D eigenvalue weighted by molar-refractivity contribution is -0.113. The van der Waals surface area contributed by atoms with E-state index >= 15 is 0 Å². The van der Waals surface area contributed by atoms with E-state index in [9.17, 15) is 9.59 Å². The molecule has 0 saturated heterocycles. The number of para-hydroxylation sites is 1. The molecule has 0 fully saturated rings. The molecule has 2 aromatic rings. The number of amides is 2. The number of anilines is 1. The Balaban J connectivity index is 2.02. The fourth-order valence-electron chi connectivity index (χ4n) is 2.20. The van der Waals surface area contributed by atoms with Crippen LogP contribution in [0.15, 0.2) is 35.5 Å². The van der Waals surface area contributed by atoms with Gasteiger partial charge < -0.3 is 10.6 Å². The Hall–Kier alpha value is -2.41. The zero-order valence-electron chi connectivity index (χ0n) is 14.8. The van der Waals surface area contributed by atoms with Crippen LogP contribution >= 0.6 is 11.8 Å². The van der Waals surface area contributed by atoms with E-state index in [1.165, 1.54) is 11.8 Å². The zero-order chi connectivity index (χ0) is 18.4. The van der Waals surface area contributed by atoms with Gasteiger partial charge in [0.2, 0.25) is 5.91 Å². The van der Waals surface area contributed by atoms with Gasteiger partial charge in [-0.2, -0.15) is 0 Å². The second-order valence-electron chi connectivity index (χ2n) is 5.94. The van der Waals surface area contributed by atoms with Gasteiger partial charge in [0.1, 0.15) is 0 Å². The van der Waals surface area contributed by atoms with Crippen molar-refractivity contribution in [3.63, 3.8) is 0 Å². The van der Waals surface area contributed by atoms with Gasteiger partial charge in [-0.15, -0.1) is 0 Å². The molecule has 0 unspecified atom stereocenters. The van der Waals surface area contributed by atoms with Crippen molar-refractivity contribution in [2.24, 2.45) is 0 Å². The van der Waals surface area contributed by atoms with Crippen molar-refractivity contribution in [2.45, 2.75) is 38.9 Å². The molecule has 7 heteroatoms. The average Bonchev–Trinajstić information content (AvgIpc) is 2.52. The van der Waals surface area contributed by atoms with E-state index in [0.29, 0.717) is 16.4 Å². The summed E-state index contributed by atoms with van der Waals surface area (Å²) in [5.41, 5.74) is 2.67. The van der Waals surface area contributed by atoms with Crippen molar-refractivity contribution in [3.05, 3.63) is 47.3 Å². The quantitative estimate of drug-likeness (QED) is 0.613. The third kappa shape index (κ3) is 5.86. The van der Waals surface area contributed by atoms with Gasteiger partial charge in [0.15, 0.2) is 5.16 Å². The summed E-state index contributed by atoms with van der Waals surface area (Å²) in [6.45, 7) is 7.56. The average molecular weight is 358 g/mol. The molecule has 132 valence electrons. The molecule has 0 spiro atoms. The number of nitrogens with one attached hydrogen (secondary N) is 2. The first kappa shape index (κ1) is 18.9. The van der Waals surface area contributed by atoms with Gasteiger partial charge in [0.25, 0.3) is 5.91 Å². The first-order valence-electron chi connectivity index (χ1n) is 8.00. The smallest absolute Gasteiger partial charge is 0.253 e. The van der Waals surface area contributed by atoms with Gasteiger partial charge in [0.05, 0.1) is 17.0 Å². The SMILES string of the molecule is Cc1cc(C)nc(SCC(=O)Nc2ccccc2C(=O)NC(C)C)n1. The van der Waals surface area contributed by atoms with Crippen LogP contribution < -0.4 is 10.6 Å². The van der Waals surface area contributed by atoms with E-state index in [1.807, 2.05) is 33.8 Å². The van der Waals surface area contributed by atoms with Crippen LogP contribution in [0.25, 0.3) is 0 Å². The summed E-state index contributed by atoms with van der Waals surface area (Å²) in [5, 5.41) is 6.18. The van der Waals surface area contributed by atoms with Crippen molar-refractivity contribution < 1.29 is 9.59 Å². The summed E-state index contributed by atoms with van der Waals surface area (Å²) in [6.07, 6.45) is 0. The van der Waals surface area contributed by atoms with Gasteiger partial charge in [-0.1, -0.05) is 23.9 Å². The minimum Gasteiger partial charge on any atom is -0.350 e. The Morgan fingerprint density at radius 2 is 1.76 bits per heavy atom. The summed E-state index contributed by atoms with van der Waals surface area (Å²) < 4.78 is 0. The molecule has 0 aliphatic carbocycles. The number of rotatable bonds is 6. The molecule has 1 aromatic carbocycles. The molecular formula is C18H22N4O2S. The number of nitrogens with zero attached hydrogens (tertiary/aromatic N) is 2. The molecule has 0 atom stereocenters. The van der Waals surface area contributed by atoms with Gasteiger partial charge >= 0.3 is 0 Å². The molecule has 1 heterocycles. The van der Waals surface area contributed by atoms with E-state index in [2.05, 4.69) is 20.6 Å². The first-order chi connectivity index (χ1) is 11.8. The van der Waals surface area contributed by atoms with Crippen molar-refractivity contribution in [1.82, 2.24) is 15.3 Å². The maximum Gasteiger partial charge on any atom is 0.253 e. The van der Waals surface area contributed by atoms with Crippen LogP contribution in [0.5, 0.6) is 0 Å². The molecule has 0 bridgehead atoms. The Morgan fingerprint density at radius 3 is 2.40 bits per heavy atom. The summed E-state index contributed by atoms with van der Waals surface area (Å²) in [6, 6.07) is 8.85. The van der Waals surface area contributed by atoms with Crippen LogP contribution in [0.4, 0.5) is 5.69 Å². The zero-order valence-corrected chi connectivity index (χ0v) is 15.6. The van der Waals surface area contributed by atoms with E-state index < -0.39 is 0 Å². The molecule has 0 aliphatic rings. The summed E-state index contributed by atoms with van der Waals surface area (Å²) in [5.74, 6) is -0.253. The molecule has 1 aromatic heterocycles. The van der Waals surface area contributed by atoms with Gasteiger partial charge in [-0.25, -0.2) is 9.97 Å². The maximum absolute atomic E-state index is 12.2. The van der Waals surface area contributed by atoms with Crippen LogP contribution in [0.2, 0.25) is 0 Å². The van der Waals surface area contributed by atoms with Crippen LogP contribution in [0.1, 0.15) is 35.6 Å². The molecule has 2 N–H and O–H groups in total. The lowest BCUT2D eigenvalue weighted by Crippen LogP contribution is -2.31. The van der Waals surface area contributed by atoms with E-state index in [0.717, 1.165) is 11.4 Å². The number of thioether (sulfide) groups is 1. The highest BCUT2D eigenvalue weighted by molar-refractivity contribution is 7.99. The lowest BCUT2D eigenvalue weighted by Gasteiger charge is -2.13. The van der Waals surface area contributed by atoms with Crippen molar-refractivity contribution >= 4 is 29.3 Å². The molecule has 0 aliphatic heterocycles. The highest BCUT2D eigenvalue weighted by Gasteiger charge is 2.14. The second-order valence-corrected chi connectivity index (χ2v) is 6.89. The van der Waals surface area contributed by atoms with E-state index in [4.69, 9.17) is 0 Å². The predicted molar refractivity (Wildman–Crippen MR) is 99.9 cm³/mol. The Morgan fingerprint density at radius 1 is 1.12 bits per heavy atom. The Bertz CT molecular complexity index is 757. The molecule has 2 rings (SSSR count). The normalized spacial score (nSPS) is 10.6. The van der Waals surface area contributed by atoms with Crippen molar-refractivity contribution in [2.75, 3.05) is 11.1 Å². The molecular weight excluding hydrogens is 336 g/mol. The first-order valence-corrected chi connectivity index (χ1v) is 8.98. The Labute approximate surface area is 151 Å². The second kappa shape index (κ2) is 8.62. The monoisotopic (exact) mass is 358 g/mol. The lowest BCUT2D eigenvalue weighted by atomic mass is 10.1. The standard InChI is InChI=1S/C18H22N4O2S/c1-11(2)19-17(24)14-7-5-6-8-15(14)22-16(23)10-25-18-20-12(3)9-13(4)21-18/h5-9,11H,10H2,1-4H3,(H,19,24)(H,22,23). The molecule has 25 heavy (non-hydrogen) atoms. The van der Waals surface area contributed by atoms with Gasteiger partial charge in [0, 0.05) is 17.4 Å². The predicted octanol–water partition coefficient (Wildman–Crippen LogP) is 2.96. The molecule has 0 radical (unpaired) electrons. The van der Waals surface area contributed by atoms with E-state index in [-0.39, 0.29) is 23.6 Å². The highest BCUT2D eigenvalue weighted by atomic mass is 32.2. The highest BCUT2D eigenvalue weighted by Crippen LogP contribution is 2.18. The van der Waals surface area contributed by atoms with Gasteiger partial charge in [-0.05, 0) is 45.9 Å². The summed E-state index contributed by atoms with van der Waals surface area (Å²) in [4.78, 5) is 33.1. The number of carbonyl (C=O) groups is 2.